The van der Waals surface area contributed by atoms with Crippen LogP contribution in [0.4, 0.5) is 0 Å². The van der Waals surface area contributed by atoms with Gasteiger partial charge in [-0.05, 0) is 17.7 Å². The molecule has 2 rings (SSSR count). The first-order chi connectivity index (χ1) is 7.63. The van der Waals surface area contributed by atoms with Crippen LogP contribution in [-0.4, -0.2) is 9.55 Å². The van der Waals surface area contributed by atoms with E-state index in [2.05, 4.69) is 34.3 Å². The molecule has 0 saturated carbocycles. The molecular formula is C12H17N3O. The topological polar surface area (TPSA) is 53.1 Å². The second kappa shape index (κ2) is 4.23. The summed E-state index contributed by atoms with van der Waals surface area (Å²) in [5.74, 6) is 6.58. The molecule has 16 heavy (non-hydrogen) atoms. The van der Waals surface area contributed by atoms with E-state index in [1.165, 1.54) is 0 Å². The Bertz CT molecular complexity index is 502. The van der Waals surface area contributed by atoms with Crippen molar-refractivity contribution in [1.29, 1.82) is 0 Å². The number of rotatable bonds is 3. The monoisotopic (exact) mass is 219 g/mol. The van der Waals surface area contributed by atoms with Crippen molar-refractivity contribution < 1.29 is 4.84 Å². The second-order valence-corrected chi connectivity index (χ2v) is 4.32. The molecule has 0 bridgehead atoms. The van der Waals surface area contributed by atoms with Gasteiger partial charge in [0, 0.05) is 13.0 Å². The zero-order chi connectivity index (χ0) is 11.7. The minimum absolute atomic E-state index is 0.420. The molecule has 0 radical (unpaired) electrons. The van der Waals surface area contributed by atoms with Crippen LogP contribution in [0.15, 0.2) is 18.2 Å². The first-order valence-corrected chi connectivity index (χ1v) is 5.40. The highest BCUT2D eigenvalue weighted by molar-refractivity contribution is 5.76. The van der Waals surface area contributed by atoms with E-state index in [1.807, 2.05) is 19.2 Å². The maximum Gasteiger partial charge on any atom is 0.112 e. The van der Waals surface area contributed by atoms with Gasteiger partial charge >= 0.3 is 0 Å². The van der Waals surface area contributed by atoms with Gasteiger partial charge < -0.3 is 4.57 Å². The maximum absolute atomic E-state index is 5.06. The van der Waals surface area contributed by atoms with Gasteiger partial charge in [0.2, 0.25) is 0 Å². The van der Waals surface area contributed by atoms with Crippen molar-refractivity contribution in [3.8, 4) is 0 Å². The average molecular weight is 219 g/mol. The summed E-state index contributed by atoms with van der Waals surface area (Å²) in [6.45, 7) is 4.71. The number of fused-ring (bicyclic) bond motifs is 1. The molecule has 0 aliphatic carbocycles. The average Bonchev–Trinajstić information content (AvgIpc) is 2.56. The van der Waals surface area contributed by atoms with Gasteiger partial charge in [-0.15, -0.1) is 0 Å². The van der Waals surface area contributed by atoms with Crippen molar-refractivity contribution in [2.24, 2.45) is 12.9 Å². The molecule has 0 aliphatic heterocycles. The molecular weight excluding hydrogens is 202 g/mol. The van der Waals surface area contributed by atoms with Gasteiger partial charge in [-0.2, -0.15) is 0 Å². The van der Waals surface area contributed by atoms with Crippen LogP contribution in [0.2, 0.25) is 0 Å². The first-order valence-electron chi connectivity index (χ1n) is 5.40. The molecule has 0 aliphatic rings. The highest BCUT2D eigenvalue weighted by Gasteiger charge is 2.10. The zero-order valence-electron chi connectivity index (χ0n) is 9.90. The summed E-state index contributed by atoms with van der Waals surface area (Å²) in [4.78, 5) is 9.25. The normalized spacial score (nSPS) is 11.6. The molecule has 0 spiro atoms. The maximum atomic E-state index is 5.06. The Balaban J connectivity index is 2.54. The summed E-state index contributed by atoms with van der Waals surface area (Å²) in [6.07, 6.45) is 0. The van der Waals surface area contributed by atoms with Gasteiger partial charge in [-0.1, -0.05) is 19.9 Å². The zero-order valence-corrected chi connectivity index (χ0v) is 9.90. The highest BCUT2D eigenvalue weighted by atomic mass is 16.6. The number of nitrogens with zero attached hydrogens (tertiary/aromatic N) is 2. The lowest BCUT2D eigenvalue weighted by molar-refractivity contribution is 0.124. The molecule has 0 unspecified atom stereocenters. The number of hydrogen-bond acceptors (Lipinski definition) is 3. The molecule has 0 saturated heterocycles. The predicted octanol–water partition coefficient (Wildman–Crippen LogP) is 2.09. The summed E-state index contributed by atoms with van der Waals surface area (Å²) in [6, 6.07) is 6.09. The van der Waals surface area contributed by atoms with Crippen LogP contribution in [0.5, 0.6) is 0 Å². The van der Waals surface area contributed by atoms with E-state index < -0.39 is 0 Å². The molecule has 4 nitrogen and oxygen atoms in total. The molecule has 1 aromatic heterocycles. The van der Waals surface area contributed by atoms with Crippen molar-refractivity contribution in [3.63, 3.8) is 0 Å². The fourth-order valence-electron chi connectivity index (χ4n) is 1.97. The Morgan fingerprint density at radius 3 is 2.81 bits per heavy atom. The fourth-order valence-corrected chi connectivity index (χ4v) is 1.97. The van der Waals surface area contributed by atoms with Crippen molar-refractivity contribution in [3.05, 3.63) is 29.6 Å². The lowest BCUT2D eigenvalue weighted by Gasteiger charge is -2.04. The predicted molar refractivity (Wildman–Crippen MR) is 63.8 cm³/mol. The molecule has 0 amide bonds. The molecule has 2 N–H and O–H groups in total. The molecule has 4 heteroatoms. The largest absolute Gasteiger partial charge is 0.331 e. The summed E-state index contributed by atoms with van der Waals surface area (Å²) in [5.41, 5.74) is 3.19. The van der Waals surface area contributed by atoms with Crippen LogP contribution >= 0.6 is 0 Å². The highest BCUT2D eigenvalue weighted by Crippen LogP contribution is 2.21. The van der Waals surface area contributed by atoms with Crippen molar-refractivity contribution in [2.45, 2.75) is 26.4 Å². The molecule has 1 aromatic carbocycles. The van der Waals surface area contributed by atoms with E-state index >= 15 is 0 Å². The summed E-state index contributed by atoms with van der Waals surface area (Å²) < 4.78 is 2.13. The molecule has 0 fully saturated rings. The van der Waals surface area contributed by atoms with E-state index in [4.69, 9.17) is 5.90 Å². The van der Waals surface area contributed by atoms with E-state index in [0.29, 0.717) is 12.5 Å². The molecule has 2 aromatic rings. The van der Waals surface area contributed by atoms with Crippen LogP contribution in [0.1, 0.15) is 31.2 Å². The SMILES string of the molecule is CC(C)c1nc2cc(CON)ccc2n1C. The molecule has 0 atom stereocenters. The van der Waals surface area contributed by atoms with Crippen molar-refractivity contribution in [1.82, 2.24) is 9.55 Å². The van der Waals surface area contributed by atoms with Crippen molar-refractivity contribution in [2.75, 3.05) is 0 Å². The third kappa shape index (κ3) is 1.81. The third-order valence-electron chi connectivity index (χ3n) is 2.75. The van der Waals surface area contributed by atoms with Gasteiger partial charge in [0.25, 0.3) is 0 Å². The molecule has 1 heterocycles. The molecule has 86 valence electrons. The Hall–Kier alpha value is -1.39. The Morgan fingerprint density at radius 1 is 1.44 bits per heavy atom. The van der Waals surface area contributed by atoms with Crippen LogP contribution in [0.3, 0.4) is 0 Å². The number of aryl methyl sites for hydroxylation is 1. The Kier molecular flexibility index (Phi) is 2.94. The number of aromatic nitrogens is 2. The first kappa shape index (κ1) is 11.1. The van der Waals surface area contributed by atoms with Crippen LogP contribution in [-0.2, 0) is 18.5 Å². The van der Waals surface area contributed by atoms with Crippen molar-refractivity contribution >= 4 is 11.0 Å². The van der Waals surface area contributed by atoms with Gasteiger partial charge in [0.05, 0.1) is 17.6 Å². The number of nitrogens with two attached hydrogens (primary N) is 1. The Labute approximate surface area is 95.0 Å². The fraction of sp³-hybridized carbons (Fsp3) is 0.417. The number of benzene rings is 1. The van der Waals surface area contributed by atoms with Gasteiger partial charge in [-0.25, -0.2) is 10.9 Å². The van der Waals surface area contributed by atoms with E-state index in [-0.39, 0.29) is 0 Å². The summed E-state index contributed by atoms with van der Waals surface area (Å²) in [5, 5.41) is 0. The standard InChI is InChI=1S/C12H17N3O/c1-8(2)12-14-10-6-9(7-16-13)4-5-11(10)15(12)3/h4-6,8H,7,13H2,1-3H3. The lowest BCUT2D eigenvalue weighted by Crippen LogP contribution is -1.99. The summed E-state index contributed by atoms with van der Waals surface area (Å²) in [7, 11) is 2.05. The Morgan fingerprint density at radius 2 is 2.19 bits per heavy atom. The van der Waals surface area contributed by atoms with Crippen LogP contribution in [0, 0.1) is 0 Å². The van der Waals surface area contributed by atoms with Gasteiger partial charge in [0.15, 0.2) is 0 Å². The second-order valence-electron chi connectivity index (χ2n) is 4.32. The number of imidazole rings is 1. The van der Waals surface area contributed by atoms with Crippen LogP contribution in [0.25, 0.3) is 11.0 Å². The van der Waals surface area contributed by atoms with E-state index in [0.717, 1.165) is 22.4 Å². The minimum Gasteiger partial charge on any atom is -0.331 e. The third-order valence-corrected chi connectivity index (χ3v) is 2.75. The minimum atomic E-state index is 0.420. The van der Waals surface area contributed by atoms with Gasteiger partial charge in [0.1, 0.15) is 5.82 Å². The van der Waals surface area contributed by atoms with Gasteiger partial charge in [-0.3, -0.25) is 4.84 Å². The number of hydrogen-bond donors (Lipinski definition) is 1. The van der Waals surface area contributed by atoms with E-state index in [9.17, 15) is 0 Å². The quantitative estimate of drug-likeness (QED) is 0.804. The lowest BCUT2D eigenvalue weighted by atomic mass is 10.2. The summed E-state index contributed by atoms with van der Waals surface area (Å²) >= 11 is 0. The van der Waals surface area contributed by atoms with E-state index in [1.54, 1.807) is 0 Å². The smallest absolute Gasteiger partial charge is 0.112 e. The van der Waals surface area contributed by atoms with Crippen LogP contribution < -0.4 is 5.90 Å².